The zero-order valence-corrected chi connectivity index (χ0v) is 15.5. The summed E-state index contributed by atoms with van der Waals surface area (Å²) in [5.41, 5.74) is 7.51. The van der Waals surface area contributed by atoms with E-state index in [-0.39, 0.29) is 28.0 Å². The highest BCUT2D eigenvalue weighted by molar-refractivity contribution is 7.96. The number of rotatable bonds is 6. The molecule has 140 valence electrons. The summed E-state index contributed by atoms with van der Waals surface area (Å²) in [6, 6.07) is 17.5. The van der Waals surface area contributed by atoms with Gasteiger partial charge in [0.1, 0.15) is 23.5 Å². The van der Waals surface area contributed by atoms with Crippen molar-refractivity contribution < 1.29 is 13.2 Å². The Balaban J connectivity index is 1.47. The van der Waals surface area contributed by atoms with Gasteiger partial charge < -0.3 is 10.5 Å². The van der Waals surface area contributed by atoms with Gasteiger partial charge in [-0.15, -0.1) is 0 Å². The fourth-order valence-corrected chi connectivity index (χ4v) is 4.06. The normalized spacial score (nSPS) is 16.1. The quantitative estimate of drug-likeness (QED) is 0.762. The van der Waals surface area contributed by atoms with Gasteiger partial charge >= 0.3 is 0 Å². The molecule has 28 heavy (non-hydrogen) atoms. The number of hydrogen-bond donors (Lipinski definition) is 1. The smallest absolute Gasteiger partial charge is 0.210 e. The van der Waals surface area contributed by atoms with Crippen LogP contribution in [0, 0.1) is 0 Å². The van der Waals surface area contributed by atoms with E-state index in [4.69, 9.17) is 10.5 Å². The second-order valence-electron chi connectivity index (χ2n) is 6.00. The summed E-state index contributed by atoms with van der Waals surface area (Å²) in [5, 5.41) is 0. The van der Waals surface area contributed by atoms with Crippen LogP contribution < -0.4 is 5.73 Å². The lowest BCUT2D eigenvalue weighted by atomic mass is 10.2. The predicted octanol–water partition coefficient (Wildman–Crippen LogP) is 2.54. The Morgan fingerprint density at radius 1 is 1.00 bits per heavy atom. The number of aliphatic imine (C=N–C) groups is 3. The van der Waals surface area contributed by atoms with E-state index in [2.05, 4.69) is 15.0 Å². The molecule has 0 radical (unpaired) electrons. The van der Waals surface area contributed by atoms with Crippen LogP contribution in [0.25, 0.3) is 5.70 Å². The van der Waals surface area contributed by atoms with Gasteiger partial charge in [0.2, 0.25) is 9.84 Å². The van der Waals surface area contributed by atoms with Crippen LogP contribution in [-0.2, 0) is 14.6 Å². The molecule has 0 spiro atoms. The maximum Gasteiger partial charge on any atom is 0.210 e. The lowest BCUT2D eigenvalue weighted by molar-refractivity contribution is 0.303. The van der Waals surface area contributed by atoms with Gasteiger partial charge in [-0.3, -0.25) is 0 Å². The SMILES string of the molecule is N/C(=C\OCC1=NC2=NC=C(S(=O)(=O)c3ccccc3)C2=N1)c1ccccc1. The second-order valence-corrected chi connectivity index (χ2v) is 7.92. The molecule has 2 aromatic carbocycles. The molecule has 0 unspecified atom stereocenters. The summed E-state index contributed by atoms with van der Waals surface area (Å²) in [7, 11) is -3.72. The molecular formula is C20H16N4O3S. The van der Waals surface area contributed by atoms with Gasteiger partial charge in [0.25, 0.3) is 0 Å². The Kier molecular flexibility index (Phi) is 4.62. The Morgan fingerprint density at radius 2 is 1.68 bits per heavy atom. The van der Waals surface area contributed by atoms with E-state index in [1.54, 1.807) is 18.2 Å². The van der Waals surface area contributed by atoms with E-state index in [1.807, 2.05) is 30.3 Å². The van der Waals surface area contributed by atoms with Crippen molar-refractivity contribution in [3.05, 3.63) is 83.6 Å². The van der Waals surface area contributed by atoms with Crippen LogP contribution in [0.15, 0.2) is 97.9 Å². The minimum absolute atomic E-state index is 0.0341. The highest BCUT2D eigenvalue weighted by Gasteiger charge is 2.34. The number of benzene rings is 2. The van der Waals surface area contributed by atoms with E-state index in [0.717, 1.165) is 5.56 Å². The summed E-state index contributed by atoms with van der Waals surface area (Å²) in [6.45, 7) is 0.0503. The van der Waals surface area contributed by atoms with Gasteiger partial charge in [-0.05, 0) is 12.1 Å². The molecule has 0 bridgehead atoms. The first kappa shape index (κ1) is 17.9. The number of amidine groups is 2. The minimum atomic E-state index is -3.72. The molecule has 2 aliphatic heterocycles. The van der Waals surface area contributed by atoms with Crippen molar-refractivity contribution in [2.75, 3.05) is 6.61 Å². The summed E-state index contributed by atoms with van der Waals surface area (Å²) < 4.78 is 31.1. The Morgan fingerprint density at radius 3 is 2.39 bits per heavy atom. The Labute approximate surface area is 162 Å². The maximum absolute atomic E-state index is 12.8. The van der Waals surface area contributed by atoms with Crippen molar-refractivity contribution in [2.45, 2.75) is 4.90 Å². The van der Waals surface area contributed by atoms with E-state index in [0.29, 0.717) is 11.5 Å². The van der Waals surface area contributed by atoms with Crippen LogP contribution in [0.5, 0.6) is 0 Å². The molecule has 4 rings (SSSR count). The number of fused-ring (bicyclic) bond motifs is 1. The molecule has 7 nitrogen and oxygen atoms in total. The summed E-state index contributed by atoms with van der Waals surface area (Å²) >= 11 is 0. The zero-order valence-electron chi connectivity index (χ0n) is 14.7. The Bertz CT molecular complexity index is 1160. The maximum atomic E-state index is 12.8. The van der Waals surface area contributed by atoms with Crippen LogP contribution in [0.4, 0.5) is 0 Å². The first-order valence-electron chi connectivity index (χ1n) is 8.43. The van der Waals surface area contributed by atoms with Gasteiger partial charge in [-0.2, -0.15) is 0 Å². The molecule has 2 aromatic rings. The van der Waals surface area contributed by atoms with E-state index < -0.39 is 9.84 Å². The third-order valence-corrected chi connectivity index (χ3v) is 5.87. The van der Waals surface area contributed by atoms with Crippen LogP contribution in [0.3, 0.4) is 0 Å². The molecule has 0 saturated carbocycles. The fraction of sp³-hybridized carbons (Fsp3) is 0.0500. The van der Waals surface area contributed by atoms with E-state index in [9.17, 15) is 8.42 Å². The lowest BCUT2D eigenvalue weighted by Gasteiger charge is -2.05. The van der Waals surface area contributed by atoms with Crippen molar-refractivity contribution >= 4 is 32.9 Å². The average molecular weight is 392 g/mol. The van der Waals surface area contributed by atoms with Crippen LogP contribution in [-0.4, -0.2) is 32.4 Å². The van der Waals surface area contributed by atoms with Crippen molar-refractivity contribution in [2.24, 2.45) is 20.7 Å². The van der Waals surface area contributed by atoms with Gasteiger partial charge in [0, 0.05) is 5.56 Å². The highest BCUT2D eigenvalue weighted by atomic mass is 32.2. The molecule has 2 heterocycles. The molecule has 0 amide bonds. The Hall–Kier alpha value is -3.52. The van der Waals surface area contributed by atoms with Crippen LogP contribution in [0.2, 0.25) is 0 Å². The first-order valence-corrected chi connectivity index (χ1v) is 9.92. The minimum Gasteiger partial charge on any atom is -0.491 e. The fourth-order valence-electron chi connectivity index (χ4n) is 2.71. The summed E-state index contributed by atoms with van der Waals surface area (Å²) in [5.74, 6) is 0.604. The predicted molar refractivity (Wildman–Crippen MR) is 109 cm³/mol. The molecule has 0 fully saturated rings. The first-order chi connectivity index (χ1) is 13.6. The zero-order chi connectivity index (χ0) is 19.6. The van der Waals surface area contributed by atoms with Crippen LogP contribution >= 0.6 is 0 Å². The van der Waals surface area contributed by atoms with Crippen LogP contribution in [0.1, 0.15) is 5.56 Å². The molecule has 0 aliphatic carbocycles. The topological polar surface area (TPSA) is 106 Å². The largest absolute Gasteiger partial charge is 0.491 e. The number of sulfone groups is 1. The number of nitrogens with two attached hydrogens (primary N) is 1. The molecular weight excluding hydrogens is 376 g/mol. The number of nitrogens with zero attached hydrogens (tertiary/aromatic N) is 3. The van der Waals surface area contributed by atoms with Crippen molar-refractivity contribution in [3.8, 4) is 0 Å². The van der Waals surface area contributed by atoms with Crippen molar-refractivity contribution in [3.63, 3.8) is 0 Å². The van der Waals surface area contributed by atoms with E-state index >= 15 is 0 Å². The summed E-state index contributed by atoms with van der Waals surface area (Å²) in [6.07, 6.45) is 2.70. The molecule has 0 aromatic heterocycles. The monoisotopic (exact) mass is 392 g/mol. The van der Waals surface area contributed by atoms with Crippen molar-refractivity contribution in [1.29, 1.82) is 0 Å². The van der Waals surface area contributed by atoms with E-state index in [1.165, 1.54) is 24.6 Å². The highest BCUT2D eigenvalue weighted by Crippen LogP contribution is 2.26. The molecule has 2 aliphatic rings. The third kappa shape index (κ3) is 3.37. The van der Waals surface area contributed by atoms with Crippen molar-refractivity contribution in [1.82, 2.24) is 0 Å². The average Bonchev–Trinajstić information content (AvgIpc) is 3.29. The number of ether oxygens (including phenoxy) is 1. The molecule has 0 saturated heterocycles. The van der Waals surface area contributed by atoms with Gasteiger partial charge in [0.15, 0.2) is 11.7 Å². The van der Waals surface area contributed by atoms with Gasteiger partial charge in [0.05, 0.1) is 16.8 Å². The molecule has 2 N–H and O–H groups in total. The standard InChI is InChI=1S/C20H16N4O3S/c21-16(14-7-3-1-4-8-14)12-27-13-18-23-19-17(11-22-20(19)24-18)28(25,26)15-9-5-2-6-10-15/h1-12H,13,21H2/b16-12-. The number of hydrogen-bond acceptors (Lipinski definition) is 7. The molecule has 8 heteroatoms. The van der Waals surface area contributed by atoms with Gasteiger partial charge in [-0.1, -0.05) is 48.5 Å². The van der Waals surface area contributed by atoms with Gasteiger partial charge in [-0.25, -0.2) is 23.4 Å². The molecule has 0 atom stereocenters. The second kappa shape index (κ2) is 7.24. The third-order valence-electron chi connectivity index (χ3n) is 4.10. The summed E-state index contributed by atoms with van der Waals surface area (Å²) in [4.78, 5) is 12.8. The lowest BCUT2D eigenvalue weighted by Crippen LogP contribution is -2.15.